The number of hydrogen-bond acceptors (Lipinski definition) is 15. The number of hydrogen-bond donors (Lipinski definition) is 4. The number of rotatable bonds is 27. The van der Waals surface area contributed by atoms with E-state index in [4.69, 9.17) is 75.0 Å². The van der Waals surface area contributed by atoms with E-state index in [0.29, 0.717) is 6.61 Å². The van der Waals surface area contributed by atoms with Gasteiger partial charge < -0.3 is 75.0 Å². The van der Waals surface area contributed by atoms with Gasteiger partial charge in [0.25, 0.3) is 0 Å². The monoisotopic (exact) mass is 1110 g/mol. The normalized spacial score (nSPS) is 28.4. The van der Waals surface area contributed by atoms with Gasteiger partial charge in [-0.3, -0.25) is 0 Å². The first-order valence-corrected chi connectivity index (χ1v) is 28.5. The van der Waals surface area contributed by atoms with E-state index >= 15 is 0 Å². The minimum atomic E-state index is -1.11. The molecule has 1 aliphatic carbocycles. The van der Waals surface area contributed by atoms with Crippen LogP contribution in [0.1, 0.15) is 45.4 Å². The van der Waals surface area contributed by atoms with Crippen molar-refractivity contribution in [1.82, 2.24) is 0 Å². The second kappa shape index (κ2) is 30.5. The maximum atomic E-state index is 7.41. The topological polar surface area (TPSA) is 206 Å². The lowest BCUT2D eigenvalue weighted by Crippen LogP contribution is -2.69. The third kappa shape index (κ3) is 16.2. The predicted octanol–water partition coefficient (Wildman–Crippen LogP) is 8.28. The summed E-state index contributed by atoms with van der Waals surface area (Å²) in [6.45, 7) is 1.91. The first-order valence-electron chi connectivity index (χ1n) is 28.5. The molecule has 0 amide bonds. The van der Waals surface area contributed by atoms with Gasteiger partial charge in [-0.2, -0.15) is 0 Å². The molecule has 3 fully saturated rings. The molecule has 15 atom stereocenters. The first-order chi connectivity index (χ1) is 40.4. The Hall–Kier alpha value is -6.06. The molecule has 2 heterocycles. The summed E-state index contributed by atoms with van der Waals surface area (Å²) in [5.41, 5.74) is 35.4. The first kappa shape index (κ1) is 59.1. The summed E-state index contributed by atoms with van der Waals surface area (Å²) in [6, 6.07) is 67.4. The number of benzene rings is 7. The zero-order valence-corrected chi connectivity index (χ0v) is 46.2. The van der Waals surface area contributed by atoms with E-state index in [-0.39, 0.29) is 59.2 Å². The highest BCUT2D eigenvalue weighted by Crippen LogP contribution is 2.37. The Balaban J connectivity index is 0.985. The van der Waals surface area contributed by atoms with E-state index in [1.165, 1.54) is 0 Å². The zero-order valence-electron chi connectivity index (χ0n) is 46.2. The summed E-state index contributed by atoms with van der Waals surface area (Å²) in [5.74, 6) is 0. The highest BCUT2D eigenvalue weighted by molar-refractivity contribution is 5.19. The fraction of sp³-hybridized carbons (Fsp3) is 0.373. The van der Waals surface area contributed by atoms with Crippen LogP contribution in [0.4, 0.5) is 0 Å². The quantitative estimate of drug-likeness (QED) is 0.0383. The van der Waals surface area contributed by atoms with Gasteiger partial charge in [-0.1, -0.05) is 212 Å². The summed E-state index contributed by atoms with van der Waals surface area (Å²) in [4.78, 5) is 0. The van der Waals surface area contributed by atoms with Gasteiger partial charge in [-0.15, -0.1) is 0 Å². The molecule has 7 aromatic carbocycles. The molecular formula is C67H78N4O11. The molecule has 2 saturated heterocycles. The lowest BCUT2D eigenvalue weighted by molar-refractivity contribution is -0.351. The van der Waals surface area contributed by atoms with Crippen molar-refractivity contribution in [2.75, 3.05) is 13.2 Å². The summed E-state index contributed by atoms with van der Waals surface area (Å²) in [6.07, 6.45) is -10.0. The molecule has 10 rings (SSSR count). The van der Waals surface area contributed by atoms with Crippen LogP contribution in [0.2, 0.25) is 0 Å². The van der Waals surface area contributed by atoms with Crippen LogP contribution in [-0.2, 0) is 98.4 Å². The predicted molar refractivity (Wildman–Crippen MR) is 311 cm³/mol. The largest absolute Gasteiger partial charge is 0.374 e. The van der Waals surface area contributed by atoms with Crippen LogP contribution in [0, 0.1) is 0 Å². The third-order valence-corrected chi connectivity index (χ3v) is 15.2. The van der Waals surface area contributed by atoms with Gasteiger partial charge in [0.15, 0.2) is 12.6 Å². The van der Waals surface area contributed by atoms with Gasteiger partial charge in [-0.05, 0) is 45.4 Å². The molecule has 82 heavy (non-hydrogen) atoms. The van der Waals surface area contributed by atoms with Gasteiger partial charge in [0.2, 0.25) is 0 Å². The molecule has 0 spiro atoms. The molecule has 0 radical (unpaired) electrons. The van der Waals surface area contributed by atoms with Crippen molar-refractivity contribution in [1.29, 1.82) is 0 Å². The molecule has 3 aliphatic rings. The fourth-order valence-electron chi connectivity index (χ4n) is 10.9. The molecule has 0 unspecified atom stereocenters. The lowest BCUT2D eigenvalue weighted by Gasteiger charge is -2.51. The molecule has 0 aromatic heterocycles. The minimum absolute atomic E-state index is 0.0765. The Morgan fingerprint density at radius 1 is 0.317 bits per heavy atom. The Bertz CT molecular complexity index is 2870. The highest BCUT2D eigenvalue weighted by atomic mass is 16.7. The Morgan fingerprint density at radius 3 is 0.988 bits per heavy atom. The standard InChI is InChI=1S/C67H78N4O11/c68-37-55-61(74-40-48-26-12-3-13-27-48)64(77-43-51-32-18-6-19-33-51)65(78-44-52-34-20-7-21-35-52)67(79-55)82-59-54(70)36-53(69)58(63(59)76-42-50-30-16-5-17-31-50)81-66-62(75-41-49-28-14-4-15-29-49)57(71)60(73-39-47-24-10-2-11-25-47)56(80-66)45-72-38-46-22-8-1-9-23-46/h1-35,53-67H,36-45,68-71H2/t53-,54+,55+,56+,57-,58+,59-,60+,61+,62+,63-,64-,65+,66+,67+/m0/s1. The smallest absolute Gasteiger partial charge is 0.187 e. The van der Waals surface area contributed by atoms with Crippen molar-refractivity contribution in [3.05, 3.63) is 251 Å². The van der Waals surface area contributed by atoms with Crippen molar-refractivity contribution in [3.8, 4) is 0 Å². The van der Waals surface area contributed by atoms with Crippen LogP contribution < -0.4 is 22.9 Å². The summed E-state index contributed by atoms with van der Waals surface area (Å²) < 4.78 is 76.5. The van der Waals surface area contributed by atoms with Crippen molar-refractivity contribution in [3.63, 3.8) is 0 Å². The Labute approximate surface area is 481 Å². The van der Waals surface area contributed by atoms with Crippen molar-refractivity contribution in [2.45, 2.75) is 144 Å². The average molecular weight is 1120 g/mol. The zero-order chi connectivity index (χ0) is 56.3. The van der Waals surface area contributed by atoms with Crippen LogP contribution in [0.3, 0.4) is 0 Å². The van der Waals surface area contributed by atoms with Crippen LogP contribution in [0.25, 0.3) is 0 Å². The van der Waals surface area contributed by atoms with Crippen LogP contribution in [0.5, 0.6) is 0 Å². The van der Waals surface area contributed by atoms with Crippen LogP contribution >= 0.6 is 0 Å². The molecular weight excluding hydrogens is 1040 g/mol. The molecule has 8 N–H and O–H groups in total. The summed E-state index contributed by atoms with van der Waals surface area (Å²) in [5, 5.41) is 0. The van der Waals surface area contributed by atoms with Gasteiger partial charge in [0, 0.05) is 18.6 Å². The molecule has 1 saturated carbocycles. The van der Waals surface area contributed by atoms with E-state index in [0.717, 1.165) is 38.9 Å². The third-order valence-electron chi connectivity index (χ3n) is 15.2. The van der Waals surface area contributed by atoms with E-state index < -0.39 is 91.7 Å². The molecule has 15 heteroatoms. The van der Waals surface area contributed by atoms with E-state index in [2.05, 4.69) is 0 Å². The van der Waals surface area contributed by atoms with E-state index in [9.17, 15) is 0 Å². The van der Waals surface area contributed by atoms with Crippen LogP contribution in [-0.4, -0.2) is 105 Å². The SMILES string of the molecule is NC[C@H]1O[C@H](O[C@@H]2[C@@H](OCc3ccccc3)[C@H](O[C@H]3O[C@H](COCc4ccccc4)[C@@H](OCc4ccccc4)[C@H](N)[C@H]3OCc3ccccc3)[C@@H](N)C[C@H]2N)[C@H](OCc2ccccc2)[C@@H](OCc2ccccc2)[C@@H]1OCc1ccccc1. The van der Waals surface area contributed by atoms with E-state index in [1.54, 1.807) is 0 Å². The molecule has 7 aromatic rings. The molecule has 2 aliphatic heterocycles. The van der Waals surface area contributed by atoms with Gasteiger partial charge >= 0.3 is 0 Å². The van der Waals surface area contributed by atoms with Crippen molar-refractivity contribution in [2.24, 2.45) is 22.9 Å². The molecule has 432 valence electrons. The van der Waals surface area contributed by atoms with Gasteiger partial charge in [-0.25, -0.2) is 0 Å². The molecule has 0 bridgehead atoms. The van der Waals surface area contributed by atoms with Crippen molar-refractivity contribution < 1.29 is 52.1 Å². The van der Waals surface area contributed by atoms with Gasteiger partial charge in [0.1, 0.15) is 61.0 Å². The second-order valence-corrected chi connectivity index (χ2v) is 21.2. The number of ether oxygens (including phenoxy) is 11. The number of nitrogens with two attached hydrogens (primary N) is 4. The van der Waals surface area contributed by atoms with E-state index in [1.807, 2.05) is 212 Å². The van der Waals surface area contributed by atoms with Crippen LogP contribution in [0.15, 0.2) is 212 Å². The van der Waals surface area contributed by atoms with Crippen molar-refractivity contribution >= 4 is 0 Å². The molecule has 15 nitrogen and oxygen atoms in total. The Kier molecular flexibility index (Phi) is 22.0. The maximum absolute atomic E-state index is 7.41. The second-order valence-electron chi connectivity index (χ2n) is 21.2. The Morgan fingerprint density at radius 2 is 0.610 bits per heavy atom. The summed E-state index contributed by atoms with van der Waals surface area (Å²) >= 11 is 0. The lowest BCUT2D eigenvalue weighted by atomic mass is 9.84. The average Bonchev–Trinajstić information content (AvgIpc) is 3.69. The maximum Gasteiger partial charge on any atom is 0.187 e. The van der Waals surface area contributed by atoms with Gasteiger partial charge in [0.05, 0.1) is 58.9 Å². The fourth-order valence-corrected chi connectivity index (χ4v) is 10.9. The summed E-state index contributed by atoms with van der Waals surface area (Å²) in [7, 11) is 0. The highest BCUT2D eigenvalue weighted by Gasteiger charge is 2.55. The minimum Gasteiger partial charge on any atom is -0.374 e.